The quantitative estimate of drug-likeness (QED) is 0.776. The van der Waals surface area contributed by atoms with Gasteiger partial charge >= 0.3 is 6.18 Å². The molecule has 3 unspecified atom stereocenters. The first-order chi connectivity index (χ1) is 9.45. The average Bonchev–Trinajstić information content (AvgIpc) is 2.98. The molecule has 1 fully saturated rings. The van der Waals surface area contributed by atoms with Gasteiger partial charge in [0.25, 0.3) is 0 Å². The Morgan fingerprint density at radius 3 is 2.60 bits per heavy atom. The van der Waals surface area contributed by atoms with Gasteiger partial charge in [-0.3, -0.25) is 0 Å². The number of fused-ring (bicyclic) bond motifs is 2. The molecule has 0 heterocycles. The van der Waals surface area contributed by atoms with Gasteiger partial charge in [-0.15, -0.1) is 0 Å². The van der Waals surface area contributed by atoms with E-state index in [2.05, 4.69) is 17.5 Å². The van der Waals surface area contributed by atoms with Crippen LogP contribution in [-0.2, 0) is 6.18 Å². The van der Waals surface area contributed by atoms with Crippen LogP contribution < -0.4 is 5.32 Å². The summed E-state index contributed by atoms with van der Waals surface area (Å²) in [5, 5.41) is 3.05. The smallest absolute Gasteiger partial charge is 0.383 e. The number of halogens is 4. The summed E-state index contributed by atoms with van der Waals surface area (Å²) in [6.07, 6.45) is 2.22. The van der Waals surface area contributed by atoms with Crippen molar-refractivity contribution in [1.82, 2.24) is 0 Å². The lowest BCUT2D eigenvalue weighted by Crippen LogP contribution is -2.20. The number of hydrogen-bond donors (Lipinski definition) is 1. The second kappa shape index (κ2) is 4.99. The fourth-order valence-corrected chi connectivity index (χ4v) is 3.54. The van der Waals surface area contributed by atoms with E-state index in [1.165, 1.54) is 12.1 Å². The number of para-hydroxylation sites is 1. The third-order valence-corrected chi connectivity index (χ3v) is 4.59. The lowest BCUT2D eigenvalue weighted by molar-refractivity contribution is -0.136. The van der Waals surface area contributed by atoms with Crippen molar-refractivity contribution in [2.24, 2.45) is 17.8 Å². The zero-order valence-electron chi connectivity index (χ0n) is 10.8. The molecule has 20 heavy (non-hydrogen) atoms. The summed E-state index contributed by atoms with van der Waals surface area (Å²) in [6.45, 7) is 0.540. The summed E-state index contributed by atoms with van der Waals surface area (Å²) < 4.78 is 38.9. The fraction of sp³-hybridized carbons (Fsp3) is 0.467. The normalized spacial score (nSPS) is 28.1. The molecule has 1 aromatic rings. The molecule has 1 N–H and O–H groups in total. The number of hydrogen-bond acceptors (Lipinski definition) is 1. The van der Waals surface area contributed by atoms with Gasteiger partial charge in [0.2, 0.25) is 0 Å². The summed E-state index contributed by atoms with van der Waals surface area (Å²) in [5.74, 6) is 1.52. The molecule has 0 aromatic heterocycles. The highest BCUT2D eigenvalue weighted by Crippen LogP contribution is 2.44. The van der Waals surface area contributed by atoms with Gasteiger partial charge in [-0.1, -0.05) is 29.8 Å². The summed E-state index contributed by atoms with van der Waals surface area (Å²) >= 11 is 5.92. The van der Waals surface area contributed by atoms with Crippen LogP contribution in [-0.4, -0.2) is 6.54 Å². The Labute approximate surface area is 120 Å². The topological polar surface area (TPSA) is 12.0 Å². The van der Waals surface area contributed by atoms with E-state index in [1.54, 1.807) is 0 Å². The maximum absolute atomic E-state index is 13.0. The van der Waals surface area contributed by atoms with E-state index in [0.717, 1.165) is 18.9 Å². The minimum absolute atomic E-state index is 0.00780. The Kier molecular flexibility index (Phi) is 3.44. The van der Waals surface area contributed by atoms with Crippen LogP contribution in [0.5, 0.6) is 0 Å². The molecule has 0 amide bonds. The van der Waals surface area contributed by atoms with Crippen molar-refractivity contribution in [3.8, 4) is 0 Å². The third-order valence-electron chi connectivity index (χ3n) is 4.28. The van der Waals surface area contributed by atoms with Crippen LogP contribution in [0.25, 0.3) is 0 Å². The molecular weight excluding hydrogens is 287 g/mol. The van der Waals surface area contributed by atoms with Crippen molar-refractivity contribution < 1.29 is 13.2 Å². The molecule has 0 saturated heterocycles. The van der Waals surface area contributed by atoms with Crippen LogP contribution in [0.15, 0.2) is 30.4 Å². The highest BCUT2D eigenvalue weighted by molar-refractivity contribution is 6.33. The number of nitrogens with one attached hydrogen (secondary N) is 1. The fourth-order valence-electron chi connectivity index (χ4n) is 3.30. The van der Waals surface area contributed by atoms with Crippen molar-refractivity contribution in [1.29, 1.82) is 0 Å². The van der Waals surface area contributed by atoms with E-state index in [1.807, 2.05) is 0 Å². The molecule has 3 atom stereocenters. The largest absolute Gasteiger partial charge is 0.418 e. The molecule has 2 aliphatic rings. The first-order valence-electron chi connectivity index (χ1n) is 6.73. The lowest BCUT2D eigenvalue weighted by atomic mass is 9.93. The van der Waals surface area contributed by atoms with Crippen molar-refractivity contribution >= 4 is 17.3 Å². The molecule has 108 valence electrons. The number of alkyl halides is 3. The second-order valence-electron chi connectivity index (χ2n) is 5.58. The molecule has 0 aliphatic heterocycles. The first-order valence-corrected chi connectivity index (χ1v) is 7.11. The summed E-state index contributed by atoms with van der Waals surface area (Å²) in [7, 11) is 0. The standard InChI is InChI=1S/C15H15ClF3N/c16-13-3-1-2-12(15(17,18)19)14(13)20-8-11-7-9-4-5-10(11)6-9/h1-5,9-11,20H,6-8H2. The minimum atomic E-state index is -4.39. The van der Waals surface area contributed by atoms with Crippen LogP contribution in [0.1, 0.15) is 18.4 Å². The zero-order valence-corrected chi connectivity index (χ0v) is 11.5. The Hall–Kier alpha value is -1.16. The van der Waals surface area contributed by atoms with Crippen molar-refractivity contribution in [2.45, 2.75) is 19.0 Å². The van der Waals surface area contributed by atoms with E-state index in [-0.39, 0.29) is 10.7 Å². The van der Waals surface area contributed by atoms with Crippen LogP contribution in [0.2, 0.25) is 5.02 Å². The van der Waals surface area contributed by atoms with Gasteiger partial charge in [0.05, 0.1) is 16.3 Å². The molecule has 1 saturated carbocycles. The van der Waals surface area contributed by atoms with E-state index in [0.29, 0.717) is 24.3 Å². The van der Waals surface area contributed by atoms with Crippen LogP contribution in [0.3, 0.4) is 0 Å². The van der Waals surface area contributed by atoms with E-state index < -0.39 is 11.7 Å². The number of rotatable bonds is 3. The van der Waals surface area contributed by atoms with Crippen LogP contribution in [0.4, 0.5) is 18.9 Å². The van der Waals surface area contributed by atoms with Crippen LogP contribution >= 0.6 is 11.6 Å². The summed E-state index contributed by atoms with van der Waals surface area (Å²) in [5.41, 5.74) is -0.683. The Bertz CT molecular complexity index is 538. The van der Waals surface area contributed by atoms with Gasteiger partial charge in [-0.25, -0.2) is 0 Å². The van der Waals surface area contributed by atoms with Gasteiger partial charge in [0.1, 0.15) is 0 Å². The SMILES string of the molecule is FC(F)(F)c1cccc(Cl)c1NCC1CC2C=CC1C2. The molecular formula is C15H15ClF3N. The molecule has 5 heteroatoms. The highest BCUT2D eigenvalue weighted by Gasteiger charge is 2.37. The molecule has 0 radical (unpaired) electrons. The van der Waals surface area contributed by atoms with Gasteiger partial charge in [-0.2, -0.15) is 13.2 Å². The Morgan fingerprint density at radius 1 is 1.20 bits per heavy atom. The summed E-state index contributed by atoms with van der Waals surface area (Å²) in [4.78, 5) is 0. The highest BCUT2D eigenvalue weighted by atomic mass is 35.5. The molecule has 1 nitrogen and oxygen atoms in total. The Morgan fingerprint density at radius 2 is 2.00 bits per heavy atom. The number of allylic oxidation sites excluding steroid dienone is 2. The summed E-state index contributed by atoms with van der Waals surface area (Å²) in [6, 6.07) is 3.88. The van der Waals surface area contributed by atoms with E-state index in [9.17, 15) is 13.2 Å². The van der Waals surface area contributed by atoms with Crippen molar-refractivity contribution in [3.05, 3.63) is 40.9 Å². The molecule has 2 bridgehead atoms. The van der Waals surface area contributed by atoms with Crippen molar-refractivity contribution in [3.63, 3.8) is 0 Å². The molecule has 0 spiro atoms. The maximum Gasteiger partial charge on any atom is 0.418 e. The monoisotopic (exact) mass is 301 g/mol. The van der Waals surface area contributed by atoms with Gasteiger partial charge in [0.15, 0.2) is 0 Å². The van der Waals surface area contributed by atoms with E-state index >= 15 is 0 Å². The second-order valence-corrected chi connectivity index (χ2v) is 5.99. The van der Waals surface area contributed by atoms with Gasteiger partial charge in [-0.05, 0) is 42.7 Å². The maximum atomic E-state index is 13.0. The Balaban J connectivity index is 1.76. The van der Waals surface area contributed by atoms with E-state index in [4.69, 9.17) is 11.6 Å². The molecule has 1 aromatic carbocycles. The van der Waals surface area contributed by atoms with Crippen molar-refractivity contribution in [2.75, 3.05) is 11.9 Å². The number of anilines is 1. The zero-order chi connectivity index (χ0) is 14.3. The van der Waals surface area contributed by atoms with Crippen LogP contribution in [0, 0.1) is 17.8 Å². The van der Waals surface area contributed by atoms with Gasteiger partial charge < -0.3 is 5.32 Å². The first kappa shape index (κ1) is 13.8. The minimum Gasteiger partial charge on any atom is -0.383 e. The predicted octanol–water partition coefficient (Wildman–Crippen LogP) is 4.98. The predicted molar refractivity (Wildman–Crippen MR) is 73.8 cm³/mol. The average molecular weight is 302 g/mol. The lowest BCUT2D eigenvalue weighted by Gasteiger charge is -2.21. The number of benzene rings is 1. The molecule has 3 rings (SSSR count). The van der Waals surface area contributed by atoms with Gasteiger partial charge in [0, 0.05) is 6.54 Å². The third kappa shape index (κ3) is 2.53. The molecule has 2 aliphatic carbocycles.